The molecule has 1 saturated heterocycles. The monoisotopic (exact) mass is 361 g/mol. The van der Waals surface area contributed by atoms with Crippen molar-refractivity contribution in [1.82, 2.24) is 5.32 Å². The molecule has 0 saturated carbocycles. The van der Waals surface area contributed by atoms with E-state index in [0.29, 0.717) is 0 Å². The van der Waals surface area contributed by atoms with Crippen molar-refractivity contribution in [3.05, 3.63) is 0 Å². The van der Waals surface area contributed by atoms with Gasteiger partial charge in [0, 0.05) is 26.7 Å². The van der Waals surface area contributed by atoms with Crippen molar-refractivity contribution in [3.63, 3.8) is 0 Å². The van der Waals surface area contributed by atoms with Gasteiger partial charge in [0.15, 0.2) is 5.17 Å². The molecule has 2 unspecified atom stereocenters. The Bertz CT molecular complexity index is 515. The van der Waals surface area contributed by atoms with Crippen LogP contribution in [0.15, 0.2) is 0 Å². The third kappa shape index (κ3) is 6.00. The van der Waals surface area contributed by atoms with E-state index in [1.807, 2.05) is 0 Å². The van der Waals surface area contributed by atoms with Crippen LogP contribution < -0.4 is 11.1 Å². The van der Waals surface area contributed by atoms with E-state index in [1.165, 1.54) is 20.8 Å². The Labute approximate surface area is 144 Å². The van der Waals surface area contributed by atoms with Crippen molar-refractivity contribution in [2.75, 3.05) is 6.61 Å². The molecule has 0 bridgehead atoms. The second-order valence-electron chi connectivity index (χ2n) is 5.49. The molecular weight excluding hydrogens is 338 g/mol. The van der Waals surface area contributed by atoms with Crippen molar-refractivity contribution >= 4 is 34.8 Å². The van der Waals surface area contributed by atoms with Gasteiger partial charge >= 0.3 is 11.9 Å². The molecule has 1 aliphatic rings. The van der Waals surface area contributed by atoms with Crippen LogP contribution in [0.4, 0.5) is 0 Å². The molecule has 0 radical (unpaired) electrons. The first-order chi connectivity index (χ1) is 11.1. The highest BCUT2D eigenvalue weighted by Gasteiger charge is 2.47. The van der Waals surface area contributed by atoms with E-state index in [-0.39, 0.29) is 23.6 Å². The van der Waals surface area contributed by atoms with Gasteiger partial charge in [0.05, 0.1) is 6.10 Å². The van der Waals surface area contributed by atoms with Gasteiger partial charge in [-0.1, -0.05) is 18.7 Å². The number of carbonyl (C=O) groups excluding carboxylic acids is 3. The van der Waals surface area contributed by atoms with Crippen LogP contribution >= 0.6 is 11.8 Å². The molecule has 136 valence electrons. The van der Waals surface area contributed by atoms with E-state index >= 15 is 0 Å². The van der Waals surface area contributed by atoms with Crippen LogP contribution in [0.25, 0.3) is 0 Å². The number of amidine groups is 1. The van der Waals surface area contributed by atoms with Crippen LogP contribution in [0, 0.1) is 11.3 Å². The Hall–Kier alpha value is -1.81. The number of carbonyl (C=O) groups is 3. The van der Waals surface area contributed by atoms with Crippen molar-refractivity contribution in [3.8, 4) is 0 Å². The molecule has 1 fully saturated rings. The Balaban J connectivity index is 3.07. The minimum atomic E-state index is -0.757. The summed E-state index contributed by atoms with van der Waals surface area (Å²) in [5.74, 6) is -1.66. The minimum absolute atomic E-state index is 0.0317. The highest BCUT2D eigenvalue weighted by atomic mass is 32.2. The normalized spacial score (nSPS) is 29.4. The molecule has 0 aliphatic carbocycles. The van der Waals surface area contributed by atoms with Gasteiger partial charge in [-0.3, -0.25) is 19.8 Å². The number of nitrogens with two attached hydrogens (primary N) is 1. The minimum Gasteiger partial charge on any atom is -0.463 e. The van der Waals surface area contributed by atoms with Crippen LogP contribution in [0.2, 0.25) is 0 Å². The molecule has 10 heteroatoms. The lowest BCUT2D eigenvalue weighted by molar-refractivity contribution is -0.180. The zero-order chi connectivity index (χ0) is 18.4. The standard InChI is InChI=1S/C14H23N3O6S/c1-6-10(5-21-8(3)19)23-13(24-14(15)16)11(17-7(2)18)12(6)22-9(4)20/h6,10-13H,5H2,1-4H3,(H3,15,16)(H,17,18)/t6-,10?,11?,12+,13-/m0/s1. The third-order valence-corrected chi connectivity index (χ3v) is 4.32. The predicted octanol–water partition coefficient (Wildman–Crippen LogP) is -0.0264. The van der Waals surface area contributed by atoms with Gasteiger partial charge in [0.25, 0.3) is 0 Å². The molecule has 1 heterocycles. The Morgan fingerprint density at radius 1 is 1.25 bits per heavy atom. The zero-order valence-electron chi connectivity index (χ0n) is 14.0. The zero-order valence-corrected chi connectivity index (χ0v) is 14.8. The quantitative estimate of drug-likeness (QED) is 0.352. The summed E-state index contributed by atoms with van der Waals surface area (Å²) >= 11 is 0.889. The second-order valence-corrected chi connectivity index (χ2v) is 6.63. The molecule has 24 heavy (non-hydrogen) atoms. The molecule has 4 N–H and O–H groups in total. The molecule has 1 rings (SSSR count). The lowest BCUT2D eigenvalue weighted by Crippen LogP contribution is -2.61. The lowest BCUT2D eigenvalue weighted by atomic mass is 9.89. The largest absolute Gasteiger partial charge is 0.463 e. The summed E-state index contributed by atoms with van der Waals surface area (Å²) in [5, 5.41) is 9.93. The highest BCUT2D eigenvalue weighted by molar-refractivity contribution is 8.14. The molecule has 0 aromatic rings. The van der Waals surface area contributed by atoms with Gasteiger partial charge in [-0.2, -0.15) is 0 Å². The Morgan fingerprint density at radius 2 is 1.88 bits per heavy atom. The van der Waals surface area contributed by atoms with Gasteiger partial charge in [-0.25, -0.2) is 0 Å². The summed E-state index contributed by atoms with van der Waals surface area (Å²) in [5.41, 5.74) is 4.67. The van der Waals surface area contributed by atoms with E-state index < -0.39 is 35.6 Å². The molecule has 0 aromatic carbocycles. The molecule has 9 nitrogen and oxygen atoms in total. The fraction of sp³-hybridized carbons (Fsp3) is 0.714. The van der Waals surface area contributed by atoms with Crippen molar-refractivity contribution in [2.24, 2.45) is 11.7 Å². The first kappa shape index (κ1) is 20.2. The van der Waals surface area contributed by atoms with Gasteiger partial charge in [-0.15, -0.1) is 0 Å². The molecule has 1 amide bonds. The SMILES string of the molecule is CC(=O)NC1[C@H](SC(=N)N)OC(COC(C)=O)[C@H](C)[C@H]1OC(C)=O. The van der Waals surface area contributed by atoms with E-state index in [4.69, 9.17) is 25.4 Å². The number of hydrogen-bond donors (Lipinski definition) is 3. The number of ether oxygens (including phenoxy) is 3. The number of nitrogens with one attached hydrogen (secondary N) is 2. The molecule has 0 aromatic heterocycles. The van der Waals surface area contributed by atoms with Gasteiger partial charge in [0.1, 0.15) is 24.2 Å². The van der Waals surface area contributed by atoms with Gasteiger partial charge in [0.2, 0.25) is 5.91 Å². The first-order valence-corrected chi connectivity index (χ1v) is 8.23. The van der Waals surface area contributed by atoms with Gasteiger partial charge in [-0.05, 0) is 0 Å². The fourth-order valence-electron chi connectivity index (χ4n) is 2.45. The van der Waals surface area contributed by atoms with E-state index in [9.17, 15) is 14.4 Å². The lowest BCUT2D eigenvalue weighted by Gasteiger charge is -2.44. The molecule has 0 spiro atoms. The van der Waals surface area contributed by atoms with Crippen molar-refractivity contribution in [1.29, 1.82) is 5.41 Å². The number of esters is 2. The van der Waals surface area contributed by atoms with Crippen LogP contribution in [0.3, 0.4) is 0 Å². The van der Waals surface area contributed by atoms with Crippen LogP contribution in [-0.4, -0.2) is 53.3 Å². The van der Waals surface area contributed by atoms with Crippen molar-refractivity contribution < 1.29 is 28.6 Å². The van der Waals surface area contributed by atoms with Gasteiger partial charge < -0.3 is 25.3 Å². The molecule has 1 aliphatic heterocycles. The first-order valence-electron chi connectivity index (χ1n) is 7.35. The summed E-state index contributed by atoms with van der Waals surface area (Å²) in [6.07, 6.45) is -1.28. The van der Waals surface area contributed by atoms with Crippen LogP contribution in [-0.2, 0) is 28.6 Å². The second kappa shape index (κ2) is 8.88. The summed E-state index contributed by atoms with van der Waals surface area (Å²) in [6, 6.07) is -0.691. The Morgan fingerprint density at radius 3 is 2.33 bits per heavy atom. The molecule has 5 atom stereocenters. The van der Waals surface area contributed by atoms with Crippen LogP contribution in [0.1, 0.15) is 27.7 Å². The maximum absolute atomic E-state index is 11.5. The van der Waals surface area contributed by atoms with E-state index in [1.54, 1.807) is 6.92 Å². The average Bonchev–Trinajstić information content (AvgIpc) is 2.42. The maximum atomic E-state index is 11.5. The maximum Gasteiger partial charge on any atom is 0.302 e. The van der Waals surface area contributed by atoms with Crippen LogP contribution in [0.5, 0.6) is 0 Å². The average molecular weight is 361 g/mol. The number of thioether (sulfide) groups is 1. The number of rotatable bonds is 5. The third-order valence-electron chi connectivity index (χ3n) is 3.43. The predicted molar refractivity (Wildman–Crippen MR) is 87.1 cm³/mol. The summed E-state index contributed by atoms with van der Waals surface area (Å²) < 4.78 is 16.2. The summed E-state index contributed by atoms with van der Waals surface area (Å²) in [7, 11) is 0. The smallest absolute Gasteiger partial charge is 0.302 e. The number of amides is 1. The molecular formula is C14H23N3O6S. The number of hydrogen-bond acceptors (Lipinski definition) is 8. The van der Waals surface area contributed by atoms with Crippen molar-refractivity contribution in [2.45, 2.75) is 51.4 Å². The van der Waals surface area contributed by atoms with E-state index in [2.05, 4.69) is 5.32 Å². The topological polar surface area (TPSA) is 141 Å². The van der Waals surface area contributed by atoms with E-state index in [0.717, 1.165) is 11.8 Å². The summed E-state index contributed by atoms with van der Waals surface area (Å²) in [6.45, 7) is 5.61. The highest BCUT2D eigenvalue weighted by Crippen LogP contribution is 2.33. The fourth-order valence-corrected chi connectivity index (χ4v) is 3.27. The Kier molecular flexibility index (Phi) is 7.49. The summed E-state index contributed by atoms with van der Waals surface area (Å²) in [4.78, 5) is 34.0.